The third-order valence-corrected chi connectivity index (χ3v) is 3.58. The molecular formula is C10H16Br2O2. The van der Waals surface area contributed by atoms with Gasteiger partial charge in [0.05, 0.1) is 6.61 Å². The monoisotopic (exact) mass is 326 g/mol. The minimum atomic E-state index is 0.0203. The first-order valence-electron chi connectivity index (χ1n) is 4.90. The summed E-state index contributed by atoms with van der Waals surface area (Å²) in [5.41, 5.74) is 1.31. The minimum absolute atomic E-state index is 0.0203. The van der Waals surface area contributed by atoms with Gasteiger partial charge in [-0.25, -0.2) is 0 Å². The van der Waals surface area contributed by atoms with Crippen molar-refractivity contribution in [3.05, 3.63) is 11.6 Å². The first-order chi connectivity index (χ1) is 6.86. The average Bonchev–Trinajstić information content (AvgIpc) is 2.26. The Bertz CT molecular complexity index is 171. The second-order valence-corrected chi connectivity index (χ2v) is 4.38. The van der Waals surface area contributed by atoms with Gasteiger partial charge in [-0.2, -0.15) is 0 Å². The molecule has 14 heavy (non-hydrogen) atoms. The number of hydrogen-bond donors (Lipinski definition) is 0. The first kappa shape index (κ1) is 12.7. The third-order valence-electron chi connectivity index (χ3n) is 2.14. The standard InChI is InChI=1S/C10H16Br2O2/c11-7-9(8-12)4-6-14-10-3-1-2-5-13-10/h4,10H,1-3,5-8H2. The lowest BCUT2D eigenvalue weighted by atomic mass is 10.2. The predicted molar refractivity (Wildman–Crippen MR) is 65.2 cm³/mol. The van der Waals surface area contributed by atoms with E-state index in [0.717, 1.165) is 23.7 Å². The van der Waals surface area contributed by atoms with Gasteiger partial charge in [-0.05, 0) is 19.3 Å². The van der Waals surface area contributed by atoms with Crippen LogP contribution in [0.25, 0.3) is 0 Å². The van der Waals surface area contributed by atoms with Crippen LogP contribution in [-0.2, 0) is 9.47 Å². The van der Waals surface area contributed by atoms with Gasteiger partial charge >= 0.3 is 0 Å². The molecule has 0 aromatic heterocycles. The Morgan fingerprint density at radius 2 is 2.14 bits per heavy atom. The van der Waals surface area contributed by atoms with Gasteiger partial charge in [-0.3, -0.25) is 0 Å². The van der Waals surface area contributed by atoms with Gasteiger partial charge in [0.1, 0.15) is 0 Å². The zero-order chi connectivity index (χ0) is 10.2. The van der Waals surface area contributed by atoms with E-state index in [9.17, 15) is 0 Å². The fourth-order valence-corrected chi connectivity index (χ4v) is 2.65. The van der Waals surface area contributed by atoms with Crippen molar-refractivity contribution in [2.45, 2.75) is 25.6 Å². The molecule has 0 amide bonds. The zero-order valence-corrected chi connectivity index (χ0v) is 11.3. The lowest BCUT2D eigenvalue weighted by Crippen LogP contribution is -2.22. The van der Waals surface area contributed by atoms with Crippen molar-refractivity contribution in [2.75, 3.05) is 23.9 Å². The summed E-state index contributed by atoms with van der Waals surface area (Å²) in [5, 5.41) is 1.79. The number of hydrogen-bond acceptors (Lipinski definition) is 2. The Kier molecular flexibility index (Phi) is 7.12. The van der Waals surface area contributed by atoms with Crippen molar-refractivity contribution in [2.24, 2.45) is 0 Å². The Labute approximate surface area is 102 Å². The summed E-state index contributed by atoms with van der Waals surface area (Å²) in [7, 11) is 0. The van der Waals surface area contributed by atoms with E-state index in [2.05, 4.69) is 37.9 Å². The Morgan fingerprint density at radius 1 is 1.36 bits per heavy atom. The smallest absolute Gasteiger partial charge is 0.157 e. The molecule has 1 saturated heterocycles. The number of rotatable bonds is 5. The van der Waals surface area contributed by atoms with Crippen LogP contribution in [0.5, 0.6) is 0 Å². The molecule has 0 saturated carbocycles. The molecule has 0 radical (unpaired) electrons. The van der Waals surface area contributed by atoms with Gasteiger partial charge in [0, 0.05) is 17.3 Å². The Morgan fingerprint density at radius 3 is 2.71 bits per heavy atom. The summed E-state index contributed by atoms with van der Waals surface area (Å²) in [6.45, 7) is 1.50. The van der Waals surface area contributed by atoms with Crippen molar-refractivity contribution in [1.29, 1.82) is 0 Å². The van der Waals surface area contributed by atoms with Crippen molar-refractivity contribution < 1.29 is 9.47 Å². The lowest BCUT2D eigenvalue weighted by molar-refractivity contribution is -0.155. The minimum Gasteiger partial charge on any atom is -0.353 e. The number of ether oxygens (including phenoxy) is 2. The maximum absolute atomic E-state index is 5.58. The van der Waals surface area contributed by atoms with E-state index in [1.807, 2.05) is 0 Å². The Balaban J connectivity index is 2.15. The second kappa shape index (κ2) is 7.85. The number of allylic oxidation sites excluding steroid dienone is 1. The molecule has 0 bridgehead atoms. The molecule has 1 heterocycles. The van der Waals surface area contributed by atoms with Crippen LogP contribution in [0, 0.1) is 0 Å². The van der Waals surface area contributed by atoms with Gasteiger partial charge in [0.25, 0.3) is 0 Å². The van der Waals surface area contributed by atoms with Gasteiger partial charge in [-0.15, -0.1) is 0 Å². The van der Waals surface area contributed by atoms with Crippen LogP contribution in [0.3, 0.4) is 0 Å². The van der Waals surface area contributed by atoms with Crippen LogP contribution in [0.1, 0.15) is 19.3 Å². The van der Waals surface area contributed by atoms with E-state index in [0.29, 0.717) is 6.61 Å². The van der Waals surface area contributed by atoms with Gasteiger partial charge in [-0.1, -0.05) is 43.5 Å². The largest absolute Gasteiger partial charge is 0.353 e. The van der Waals surface area contributed by atoms with Crippen molar-refractivity contribution in [3.63, 3.8) is 0 Å². The van der Waals surface area contributed by atoms with E-state index in [4.69, 9.17) is 9.47 Å². The first-order valence-corrected chi connectivity index (χ1v) is 7.14. The molecule has 0 aromatic rings. The highest BCUT2D eigenvalue weighted by atomic mass is 79.9. The highest BCUT2D eigenvalue weighted by Crippen LogP contribution is 2.14. The highest BCUT2D eigenvalue weighted by Gasteiger charge is 2.12. The molecule has 4 heteroatoms. The molecular weight excluding hydrogens is 312 g/mol. The molecule has 0 aliphatic carbocycles. The summed E-state index contributed by atoms with van der Waals surface area (Å²) < 4.78 is 11.0. The molecule has 1 aliphatic heterocycles. The van der Waals surface area contributed by atoms with Gasteiger partial charge in [0.2, 0.25) is 0 Å². The summed E-state index contributed by atoms with van der Waals surface area (Å²) in [4.78, 5) is 0. The normalized spacial score (nSPS) is 22.0. The van der Waals surface area contributed by atoms with Crippen molar-refractivity contribution in [3.8, 4) is 0 Å². The maximum Gasteiger partial charge on any atom is 0.157 e. The number of alkyl halides is 2. The second-order valence-electron chi connectivity index (χ2n) is 3.26. The molecule has 1 fully saturated rings. The van der Waals surface area contributed by atoms with Crippen LogP contribution in [0.15, 0.2) is 11.6 Å². The molecule has 1 rings (SSSR count). The molecule has 2 nitrogen and oxygen atoms in total. The van der Waals surface area contributed by atoms with Gasteiger partial charge in [0.15, 0.2) is 6.29 Å². The van der Waals surface area contributed by atoms with E-state index >= 15 is 0 Å². The number of halogens is 2. The van der Waals surface area contributed by atoms with E-state index < -0.39 is 0 Å². The molecule has 1 aliphatic rings. The highest BCUT2D eigenvalue weighted by molar-refractivity contribution is 9.10. The van der Waals surface area contributed by atoms with Crippen LogP contribution in [0.4, 0.5) is 0 Å². The van der Waals surface area contributed by atoms with Gasteiger partial charge < -0.3 is 9.47 Å². The van der Waals surface area contributed by atoms with Crippen molar-refractivity contribution >= 4 is 31.9 Å². The van der Waals surface area contributed by atoms with Crippen LogP contribution >= 0.6 is 31.9 Å². The molecule has 1 atom stereocenters. The summed E-state index contributed by atoms with van der Waals surface area (Å²) in [6, 6.07) is 0. The molecule has 82 valence electrons. The summed E-state index contributed by atoms with van der Waals surface area (Å²) >= 11 is 6.83. The predicted octanol–water partition coefficient (Wildman–Crippen LogP) is 3.25. The van der Waals surface area contributed by atoms with E-state index in [1.54, 1.807) is 0 Å². The van der Waals surface area contributed by atoms with Crippen LogP contribution < -0.4 is 0 Å². The Hall–Kier alpha value is 0.620. The van der Waals surface area contributed by atoms with E-state index in [1.165, 1.54) is 18.4 Å². The molecule has 0 N–H and O–H groups in total. The molecule has 0 aromatic carbocycles. The average molecular weight is 328 g/mol. The fourth-order valence-electron chi connectivity index (χ4n) is 1.26. The van der Waals surface area contributed by atoms with E-state index in [-0.39, 0.29) is 6.29 Å². The van der Waals surface area contributed by atoms with Crippen LogP contribution in [0.2, 0.25) is 0 Å². The zero-order valence-electron chi connectivity index (χ0n) is 8.18. The molecule has 0 spiro atoms. The maximum atomic E-state index is 5.58. The topological polar surface area (TPSA) is 18.5 Å². The van der Waals surface area contributed by atoms with Crippen molar-refractivity contribution in [1.82, 2.24) is 0 Å². The summed E-state index contributed by atoms with van der Waals surface area (Å²) in [6.07, 6.45) is 5.54. The SMILES string of the molecule is BrCC(=CCOC1CCCCO1)CBr. The van der Waals surface area contributed by atoms with Crippen LogP contribution in [-0.4, -0.2) is 30.2 Å². The lowest BCUT2D eigenvalue weighted by Gasteiger charge is -2.22. The third kappa shape index (κ3) is 4.91. The quantitative estimate of drug-likeness (QED) is 0.570. The summed E-state index contributed by atoms with van der Waals surface area (Å²) in [5.74, 6) is 0. The fraction of sp³-hybridized carbons (Fsp3) is 0.800. The molecule has 1 unspecified atom stereocenters.